The third kappa shape index (κ3) is 3.05. The molecule has 1 aromatic carbocycles. The molecule has 1 N–H and O–H groups in total. The summed E-state index contributed by atoms with van der Waals surface area (Å²) in [6.45, 7) is 1.69. The molecule has 156 valence electrons. The zero-order chi connectivity index (χ0) is 21.9. The lowest BCUT2D eigenvalue weighted by molar-refractivity contribution is -0.144. The van der Waals surface area contributed by atoms with E-state index in [1.807, 2.05) is 6.07 Å². The fourth-order valence-corrected chi connectivity index (χ4v) is 3.43. The predicted molar refractivity (Wildman–Crippen MR) is 106 cm³/mol. The van der Waals surface area contributed by atoms with Gasteiger partial charge in [0.15, 0.2) is 22.7 Å². The Morgan fingerprint density at radius 2 is 1.81 bits per heavy atom. The maximum atomic E-state index is 12.9. The number of rotatable bonds is 2. The zero-order valence-electron chi connectivity index (χ0n) is 16.3. The molecule has 0 aliphatic carbocycles. The molecule has 0 spiro atoms. The van der Waals surface area contributed by atoms with Crippen molar-refractivity contribution in [1.29, 1.82) is 0 Å². The molecule has 4 heterocycles. The second-order valence-electron chi connectivity index (χ2n) is 7.04. The van der Waals surface area contributed by atoms with Gasteiger partial charge in [-0.05, 0) is 31.2 Å². The van der Waals surface area contributed by atoms with E-state index in [1.54, 1.807) is 37.3 Å². The van der Waals surface area contributed by atoms with E-state index in [0.29, 0.717) is 39.2 Å². The van der Waals surface area contributed by atoms with Crippen molar-refractivity contribution in [2.45, 2.75) is 13.1 Å². The average molecular weight is 425 g/mol. The molecule has 0 amide bonds. The van der Waals surface area contributed by atoms with Crippen LogP contribution in [0.2, 0.25) is 0 Å². The van der Waals surface area contributed by atoms with Crippen molar-refractivity contribution in [3.8, 4) is 22.9 Å². The molecule has 0 aliphatic heterocycles. The van der Waals surface area contributed by atoms with Gasteiger partial charge in [0.05, 0.1) is 5.69 Å². The maximum Gasteiger partial charge on any atom is 0.453 e. The predicted octanol–water partition coefficient (Wildman–Crippen LogP) is 3.36. The smallest absolute Gasteiger partial charge is 0.351 e. The van der Waals surface area contributed by atoms with Gasteiger partial charge in [-0.2, -0.15) is 13.2 Å². The van der Waals surface area contributed by atoms with Crippen LogP contribution in [0, 0.1) is 6.92 Å². The van der Waals surface area contributed by atoms with E-state index in [0.717, 1.165) is 4.68 Å². The minimum absolute atomic E-state index is 0.0431. The van der Waals surface area contributed by atoms with Crippen LogP contribution in [0.25, 0.3) is 39.5 Å². The summed E-state index contributed by atoms with van der Waals surface area (Å²) in [5.74, 6) is -0.873. The number of pyridine rings is 2. The van der Waals surface area contributed by atoms with Crippen LogP contribution in [0.1, 0.15) is 11.4 Å². The molecule has 0 aliphatic rings. The largest absolute Gasteiger partial charge is 0.453 e. The van der Waals surface area contributed by atoms with Gasteiger partial charge in [0, 0.05) is 35.3 Å². The Labute approximate surface area is 172 Å². The molecule has 0 saturated heterocycles. The highest BCUT2D eigenvalue weighted by Crippen LogP contribution is 2.29. The molecule has 0 fully saturated rings. The Morgan fingerprint density at radius 3 is 2.55 bits per heavy atom. The van der Waals surface area contributed by atoms with Gasteiger partial charge in [-0.3, -0.25) is 4.79 Å². The summed E-state index contributed by atoms with van der Waals surface area (Å²) in [6.07, 6.45) is -3.12. The van der Waals surface area contributed by atoms with E-state index in [4.69, 9.17) is 0 Å². The van der Waals surface area contributed by atoms with Gasteiger partial charge >= 0.3 is 6.18 Å². The first-order chi connectivity index (χ1) is 14.7. The van der Waals surface area contributed by atoms with Gasteiger partial charge < -0.3 is 4.98 Å². The van der Waals surface area contributed by atoms with Crippen molar-refractivity contribution in [3.63, 3.8) is 0 Å². The van der Waals surface area contributed by atoms with Crippen molar-refractivity contribution in [1.82, 2.24) is 34.3 Å². The van der Waals surface area contributed by atoms with Crippen LogP contribution < -0.4 is 5.43 Å². The van der Waals surface area contributed by atoms with Crippen molar-refractivity contribution in [2.24, 2.45) is 7.05 Å². The van der Waals surface area contributed by atoms with Gasteiger partial charge in [0.25, 0.3) is 5.82 Å². The van der Waals surface area contributed by atoms with Crippen LogP contribution in [0.4, 0.5) is 13.2 Å². The third-order valence-corrected chi connectivity index (χ3v) is 4.98. The van der Waals surface area contributed by atoms with Crippen LogP contribution in [0.5, 0.6) is 0 Å². The van der Waals surface area contributed by atoms with E-state index in [-0.39, 0.29) is 11.3 Å². The second kappa shape index (κ2) is 6.49. The van der Waals surface area contributed by atoms with E-state index < -0.39 is 12.0 Å². The molecule has 0 radical (unpaired) electrons. The summed E-state index contributed by atoms with van der Waals surface area (Å²) in [5.41, 5.74) is 2.34. The molecule has 4 aromatic heterocycles. The number of benzene rings is 1. The Hall–Kier alpha value is -4.02. The average Bonchev–Trinajstić information content (AvgIpc) is 3.33. The minimum Gasteiger partial charge on any atom is -0.351 e. The van der Waals surface area contributed by atoms with Gasteiger partial charge in [-0.15, -0.1) is 10.2 Å². The number of hydrogen-bond donors (Lipinski definition) is 1. The first kappa shape index (κ1) is 19.0. The Bertz CT molecular complexity index is 1530. The van der Waals surface area contributed by atoms with Crippen LogP contribution in [-0.4, -0.2) is 34.3 Å². The van der Waals surface area contributed by atoms with Gasteiger partial charge in [-0.25, -0.2) is 19.2 Å². The number of para-hydroxylation sites is 1. The van der Waals surface area contributed by atoms with Crippen molar-refractivity contribution in [2.75, 3.05) is 0 Å². The Morgan fingerprint density at radius 1 is 1.03 bits per heavy atom. The molecular formula is C20H14F3N7O. The van der Waals surface area contributed by atoms with Crippen molar-refractivity contribution in [3.05, 3.63) is 64.2 Å². The highest BCUT2D eigenvalue weighted by Gasteiger charge is 2.37. The first-order valence-electron chi connectivity index (χ1n) is 9.19. The standard InChI is InChI=1S/C20H14F3N7O/c1-10-15(24-13-6-4-3-5-12(13)16(10)31)17-25-14-8-7-11(9-30(14)27-17)18-26-19(20(21,22)23)28-29(18)2/h3-9H,1-2H3,(H,24,31). The lowest BCUT2D eigenvalue weighted by Gasteiger charge is -2.04. The Kier molecular flexibility index (Phi) is 3.97. The highest BCUT2D eigenvalue weighted by molar-refractivity contribution is 5.82. The number of H-pyrrole nitrogens is 1. The van der Waals surface area contributed by atoms with E-state index in [9.17, 15) is 18.0 Å². The molecule has 8 nitrogen and oxygen atoms in total. The number of fused-ring (bicyclic) bond motifs is 2. The molecule has 11 heteroatoms. The molecular weight excluding hydrogens is 411 g/mol. The number of halogens is 3. The van der Waals surface area contributed by atoms with E-state index >= 15 is 0 Å². The number of aromatic amines is 1. The number of aromatic nitrogens is 7. The van der Waals surface area contributed by atoms with Crippen LogP contribution in [0.3, 0.4) is 0 Å². The SMILES string of the molecule is Cc1c(-c2nc3ccc(-c4nc(C(F)(F)F)nn4C)cn3n2)[nH]c2ccccc2c1=O. The molecule has 5 rings (SSSR count). The van der Waals surface area contributed by atoms with Crippen LogP contribution >= 0.6 is 0 Å². The number of nitrogens with one attached hydrogen (secondary N) is 1. The lowest BCUT2D eigenvalue weighted by atomic mass is 10.1. The van der Waals surface area contributed by atoms with Crippen molar-refractivity contribution < 1.29 is 13.2 Å². The lowest BCUT2D eigenvalue weighted by Crippen LogP contribution is -2.09. The summed E-state index contributed by atoms with van der Waals surface area (Å²) in [7, 11) is 1.39. The molecule has 0 atom stereocenters. The van der Waals surface area contributed by atoms with Crippen LogP contribution in [0.15, 0.2) is 47.4 Å². The van der Waals surface area contributed by atoms with Gasteiger partial charge in [0.2, 0.25) is 0 Å². The summed E-state index contributed by atoms with van der Waals surface area (Å²) >= 11 is 0. The molecule has 31 heavy (non-hydrogen) atoms. The Balaban J connectivity index is 1.63. The highest BCUT2D eigenvalue weighted by atomic mass is 19.4. The van der Waals surface area contributed by atoms with Crippen LogP contribution in [-0.2, 0) is 13.2 Å². The number of nitrogens with zero attached hydrogens (tertiary/aromatic N) is 6. The quantitative estimate of drug-likeness (QED) is 0.468. The third-order valence-electron chi connectivity index (χ3n) is 4.98. The fourth-order valence-electron chi connectivity index (χ4n) is 3.43. The summed E-state index contributed by atoms with van der Waals surface area (Å²) < 4.78 is 41.3. The summed E-state index contributed by atoms with van der Waals surface area (Å²) in [6, 6.07) is 10.3. The molecule has 0 saturated carbocycles. The topological polar surface area (TPSA) is 93.8 Å². The number of aryl methyl sites for hydroxylation is 1. The number of hydrogen-bond acceptors (Lipinski definition) is 5. The molecule has 0 unspecified atom stereocenters. The van der Waals surface area contributed by atoms with Gasteiger partial charge in [0.1, 0.15) is 0 Å². The van der Waals surface area contributed by atoms with E-state index in [1.165, 1.54) is 17.8 Å². The minimum atomic E-state index is -4.64. The molecule has 5 aromatic rings. The maximum absolute atomic E-state index is 12.9. The molecule has 0 bridgehead atoms. The number of alkyl halides is 3. The normalized spacial score (nSPS) is 12.2. The fraction of sp³-hybridized carbons (Fsp3) is 0.150. The zero-order valence-corrected chi connectivity index (χ0v) is 16.3. The monoisotopic (exact) mass is 425 g/mol. The van der Waals surface area contributed by atoms with Gasteiger partial charge in [-0.1, -0.05) is 12.1 Å². The van der Waals surface area contributed by atoms with Crippen molar-refractivity contribution >= 4 is 16.6 Å². The van der Waals surface area contributed by atoms with E-state index in [2.05, 4.69) is 25.1 Å². The summed E-state index contributed by atoms with van der Waals surface area (Å²) in [4.78, 5) is 24.0. The summed E-state index contributed by atoms with van der Waals surface area (Å²) in [5, 5.41) is 8.42. The first-order valence-corrected chi connectivity index (χ1v) is 9.19. The second-order valence-corrected chi connectivity index (χ2v) is 7.04.